The van der Waals surface area contributed by atoms with Crippen LogP contribution < -0.4 is 5.32 Å². The number of likely N-dealkylation sites (tertiary alicyclic amines) is 1. The van der Waals surface area contributed by atoms with Crippen molar-refractivity contribution in [3.05, 3.63) is 35.9 Å². The number of amides is 1. The molecule has 2 aliphatic heterocycles. The minimum atomic E-state index is 0.270. The van der Waals surface area contributed by atoms with Gasteiger partial charge < -0.3 is 10.2 Å². The number of benzene rings is 1. The minimum absolute atomic E-state index is 0.270. The van der Waals surface area contributed by atoms with Crippen molar-refractivity contribution in [3.8, 4) is 0 Å². The zero-order chi connectivity index (χ0) is 15.6. The smallest absolute Gasteiger partial charge is 0.225 e. The number of hydrogen-bond acceptors (Lipinski definition) is 2. The van der Waals surface area contributed by atoms with E-state index in [4.69, 9.17) is 0 Å². The standard InChI is InChI=1S/C20H28N2O/c23-20(22-13-12-18-10-11-19(14-22)21-18)17-8-6-16(7-9-17)15-4-2-1-3-5-15/h1-5,16-19,21H,6-14H2. The Balaban J connectivity index is 1.34. The van der Waals surface area contributed by atoms with E-state index in [1.54, 1.807) is 0 Å². The van der Waals surface area contributed by atoms with Gasteiger partial charge in [-0.15, -0.1) is 0 Å². The molecule has 23 heavy (non-hydrogen) atoms. The van der Waals surface area contributed by atoms with E-state index < -0.39 is 0 Å². The molecule has 2 saturated heterocycles. The van der Waals surface area contributed by atoms with Gasteiger partial charge in [-0.2, -0.15) is 0 Å². The van der Waals surface area contributed by atoms with E-state index in [0.29, 0.717) is 23.9 Å². The van der Waals surface area contributed by atoms with Crippen molar-refractivity contribution < 1.29 is 4.79 Å². The Morgan fingerprint density at radius 3 is 2.43 bits per heavy atom. The predicted octanol–water partition coefficient (Wildman–Crippen LogP) is 3.31. The summed E-state index contributed by atoms with van der Waals surface area (Å²) in [6.45, 7) is 1.90. The summed E-state index contributed by atoms with van der Waals surface area (Å²) in [7, 11) is 0. The van der Waals surface area contributed by atoms with Crippen LogP contribution in [0, 0.1) is 5.92 Å². The molecule has 1 aromatic rings. The Kier molecular flexibility index (Phi) is 4.39. The molecule has 2 bridgehead atoms. The monoisotopic (exact) mass is 312 g/mol. The van der Waals surface area contributed by atoms with Crippen molar-refractivity contribution in [2.75, 3.05) is 13.1 Å². The van der Waals surface area contributed by atoms with Crippen LogP contribution in [0.15, 0.2) is 30.3 Å². The van der Waals surface area contributed by atoms with Crippen molar-refractivity contribution in [1.82, 2.24) is 10.2 Å². The SMILES string of the molecule is O=C(C1CCC(c2ccccc2)CC1)N1CCC2CCC(C1)N2. The highest BCUT2D eigenvalue weighted by Gasteiger charge is 2.35. The molecule has 0 spiro atoms. The summed E-state index contributed by atoms with van der Waals surface area (Å²) in [5.74, 6) is 1.36. The Labute approximate surface area is 139 Å². The largest absolute Gasteiger partial charge is 0.341 e. The van der Waals surface area contributed by atoms with Gasteiger partial charge in [0.15, 0.2) is 0 Å². The maximum absolute atomic E-state index is 12.9. The zero-order valence-electron chi connectivity index (χ0n) is 13.9. The van der Waals surface area contributed by atoms with E-state index in [-0.39, 0.29) is 5.92 Å². The number of carbonyl (C=O) groups excluding carboxylic acids is 1. The quantitative estimate of drug-likeness (QED) is 0.908. The van der Waals surface area contributed by atoms with Gasteiger partial charge in [0.2, 0.25) is 5.91 Å². The molecule has 2 heterocycles. The lowest BCUT2D eigenvalue weighted by Gasteiger charge is -2.33. The van der Waals surface area contributed by atoms with E-state index in [1.807, 2.05) is 0 Å². The van der Waals surface area contributed by atoms with Crippen molar-refractivity contribution in [3.63, 3.8) is 0 Å². The van der Waals surface area contributed by atoms with Crippen LogP contribution in [-0.2, 0) is 4.79 Å². The molecule has 1 aromatic carbocycles. The second-order valence-corrected chi connectivity index (χ2v) is 7.67. The van der Waals surface area contributed by atoms with Crippen LogP contribution in [0.25, 0.3) is 0 Å². The lowest BCUT2D eigenvalue weighted by atomic mass is 9.78. The summed E-state index contributed by atoms with van der Waals surface area (Å²) < 4.78 is 0. The van der Waals surface area contributed by atoms with Crippen molar-refractivity contribution in [2.24, 2.45) is 5.92 Å². The highest BCUT2D eigenvalue weighted by atomic mass is 16.2. The summed E-state index contributed by atoms with van der Waals surface area (Å²) in [6.07, 6.45) is 8.15. The molecule has 3 aliphatic rings. The molecular formula is C20H28N2O. The molecule has 124 valence electrons. The fourth-order valence-corrected chi connectivity index (χ4v) is 4.80. The molecule has 3 nitrogen and oxygen atoms in total. The van der Waals surface area contributed by atoms with Crippen LogP contribution >= 0.6 is 0 Å². The summed E-state index contributed by atoms with van der Waals surface area (Å²) in [6, 6.07) is 12.0. The third-order valence-corrected chi connectivity index (χ3v) is 6.18. The molecule has 0 radical (unpaired) electrons. The molecule has 1 aliphatic carbocycles. The average molecular weight is 312 g/mol. The lowest BCUT2D eigenvalue weighted by molar-refractivity contribution is -0.136. The van der Waals surface area contributed by atoms with Gasteiger partial charge in [-0.3, -0.25) is 4.79 Å². The number of fused-ring (bicyclic) bond motifs is 2. The Bertz CT molecular complexity index is 536. The number of hydrogen-bond donors (Lipinski definition) is 1. The fourth-order valence-electron chi connectivity index (χ4n) is 4.80. The summed E-state index contributed by atoms with van der Waals surface area (Å²) >= 11 is 0. The highest BCUT2D eigenvalue weighted by molar-refractivity contribution is 5.79. The maximum atomic E-state index is 12.9. The maximum Gasteiger partial charge on any atom is 0.225 e. The van der Waals surface area contributed by atoms with Crippen molar-refractivity contribution in [2.45, 2.75) is 62.9 Å². The van der Waals surface area contributed by atoms with E-state index >= 15 is 0 Å². The molecule has 2 atom stereocenters. The predicted molar refractivity (Wildman–Crippen MR) is 92.3 cm³/mol. The third kappa shape index (κ3) is 3.30. The summed E-state index contributed by atoms with van der Waals surface area (Å²) in [4.78, 5) is 15.1. The Morgan fingerprint density at radius 1 is 0.913 bits per heavy atom. The first kappa shape index (κ1) is 15.2. The van der Waals surface area contributed by atoms with Crippen LogP contribution in [0.2, 0.25) is 0 Å². The number of rotatable bonds is 2. The first-order valence-electron chi connectivity index (χ1n) is 9.39. The van der Waals surface area contributed by atoms with Gasteiger partial charge in [0.25, 0.3) is 0 Å². The molecule has 2 unspecified atom stereocenters. The molecule has 1 saturated carbocycles. The van der Waals surface area contributed by atoms with Gasteiger partial charge in [0, 0.05) is 31.1 Å². The first-order chi connectivity index (χ1) is 11.3. The normalized spacial score (nSPS) is 34.2. The second kappa shape index (κ2) is 6.64. The van der Waals surface area contributed by atoms with E-state index in [2.05, 4.69) is 40.5 Å². The molecule has 0 aromatic heterocycles. The average Bonchev–Trinajstić information content (AvgIpc) is 2.94. The fraction of sp³-hybridized carbons (Fsp3) is 0.650. The van der Waals surface area contributed by atoms with Gasteiger partial charge in [0.1, 0.15) is 0 Å². The molecule has 1 amide bonds. The number of carbonyl (C=O) groups is 1. The molecule has 1 N–H and O–H groups in total. The zero-order valence-corrected chi connectivity index (χ0v) is 13.9. The molecule has 3 heteroatoms. The lowest BCUT2D eigenvalue weighted by Crippen LogP contribution is -2.42. The van der Waals surface area contributed by atoms with Gasteiger partial charge in [-0.25, -0.2) is 0 Å². The summed E-state index contributed by atoms with van der Waals surface area (Å²) in [5.41, 5.74) is 1.45. The molecular weight excluding hydrogens is 284 g/mol. The van der Waals surface area contributed by atoms with Gasteiger partial charge >= 0.3 is 0 Å². The first-order valence-corrected chi connectivity index (χ1v) is 9.39. The van der Waals surface area contributed by atoms with Gasteiger partial charge in [-0.1, -0.05) is 30.3 Å². The molecule has 4 rings (SSSR count). The Hall–Kier alpha value is -1.35. The van der Waals surface area contributed by atoms with Crippen LogP contribution in [0.4, 0.5) is 0 Å². The van der Waals surface area contributed by atoms with E-state index in [9.17, 15) is 4.79 Å². The van der Waals surface area contributed by atoms with Crippen LogP contribution in [0.1, 0.15) is 56.4 Å². The van der Waals surface area contributed by atoms with Crippen LogP contribution in [0.5, 0.6) is 0 Å². The van der Waals surface area contributed by atoms with Gasteiger partial charge in [0.05, 0.1) is 0 Å². The Morgan fingerprint density at radius 2 is 1.65 bits per heavy atom. The highest BCUT2D eigenvalue weighted by Crippen LogP contribution is 2.36. The van der Waals surface area contributed by atoms with E-state index in [0.717, 1.165) is 32.4 Å². The van der Waals surface area contributed by atoms with E-state index in [1.165, 1.54) is 31.2 Å². The van der Waals surface area contributed by atoms with Crippen LogP contribution in [-0.4, -0.2) is 36.0 Å². The number of nitrogens with one attached hydrogen (secondary N) is 1. The second-order valence-electron chi connectivity index (χ2n) is 7.67. The van der Waals surface area contributed by atoms with Gasteiger partial charge in [-0.05, 0) is 56.4 Å². The third-order valence-electron chi connectivity index (χ3n) is 6.18. The van der Waals surface area contributed by atoms with Crippen molar-refractivity contribution >= 4 is 5.91 Å². The van der Waals surface area contributed by atoms with Crippen molar-refractivity contribution in [1.29, 1.82) is 0 Å². The topological polar surface area (TPSA) is 32.3 Å². The van der Waals surface area contributed by atoms with Crippen LogP contribution in [0.3, 0.4) is 0 Å². The summed E-state index contributed by atoms with van der Waals surface area (Å²) in [5, 5.41) is 3.68. The number of nitrogens with zero attached hydrogens (tertiary/aromatic N) is 1. The molecule has 3 fully saturated rings. The minimum Gasteiger partial charge on any atom is -0.341 e.